The molecule has 3 N–H and O–H groups in total. The van der Waals surface area contributed by atoms with E-state index in [2.05, 4.69) is 12.2 Å². The number of benzene rings is 1. The Bertz CT molecular complexity index is 1040. The maximum Gasteiger partial charge on any atom is 0.293 e. The number of nitrogens with two attached hydrogens (primary N) is 1. The molecule has 1 saturated heterocycles. The molecule has 0 atom stereocenters. The molecule has 31 heavy (non-hydrogen) atoms. The second kappa shape index (κ2) is 8.66. The molecule has 1 fully saturated rings. The van der Waals surface area contributed by atoms with Gasteiger partial charge >= 0.3 is 0 Å². The van der Waals surface area contributed by atoms with Crippen LogP contribution in [0.25, 0.3) is 0 Å². The standard InChI is InChI=1S/C22H26N4O4S/c1-13-8-10-25(11-9-13)16-7-6-14(12-17(16)26(29)30)21(28)24-22-19(20(23)27)15-4-2-3-5-18(15)31-22/h6-7,12-13H,2-5,8-11H2,1H3,(H2,23,27)(H,24,28). The van der Waals surface area contributed by atoms with E-state index in [1.807, 2.05) is 4.90 Å². The van der Waals surface area contributed by atoms with Gasteiger partial charge in [-0.05, 0) is 62.1 Å². The average molecular weight is 443 g/mol. The number of nitrogens with one attached hydrogen (secondary N) is 1. The topological polar surface area (TPSA) is 119 Å². The van der Waals surface area contributed by atoms with Crippen molar-refractivity contribution in [2.45, 2.75) is 45.4 Å². The number of nitro benzene ring substituents is 1. The van der Waals surface area contributed by atoms with Crippen molar-refractivity contribution < 1.29 is 14.5 Å². The number of nitrogens with zero attached hydrogens (tertiary/aromatic N) is 2. The number of anilines is 2. The number of piperidine rings is 1. The van der Waals surface area contributed by atoms with Gasteiger partial charge in [0, 0.05) is 29.6 Å². The minimum absolute atomic E-state index is 0.0807. The van der Waals surface area contributed by atoms with Gasteiger partial charge in [-0.25, -0.2) is 0 Å². The van der Waals surface area contributed by atoms with Gasteiger partial charge in [0.05, 0.1) is 10.5 Å². The van der Waals surface area contributed by atoms with E-state index in [-0.39, 0.29) is 11.3 Å². The van der Waals surface area contributed by atoms with E-state index in [4.69, 9.17) is 5.73 Å². The summed E-state index contributed by atoms with van der Waals surface area (Å²) in [5.41, 5.74) is 7.54. The quantitative estimate of drug-likeness (QED) is 0.533. The van der Waals surface area contributed by atoms with Crippen molar-refractivity contribution >= 4 is 39.5 Å². The predicted octanol–water partition coefficient (Wildman–Crippen LogP) is 4.12. The molecule has 1 aromatic carbocycles. The largest absolute Gasteiger partial charge is 0.366 e. The van der Waals surface area contributed by atoms with Gasteiger partial charge in [-0.15, -0.1) is 11.3 Å². The van der Waals surface area contributed by atoms with Crippen molar-refractivity contribution in [3.05, 3.63) is 49.9 Å². The minimum Gasteiger partial charge on any atom is -0.366 e. The van der Waals surface area contributed by atoms with E-state index in [0.29, 0.717) is 22.2 Å². The number of hydrogen-bond donors (Lipinski definition) is 2. The third-order valence-electron chi connectivity index (χ3n) is 6.20. The molecule has 9 heteroatoms. The lowest BCUT2D eigenvalue weighted by atomic mass is 9.95. The van der Waals surface area contributed by atoms with Gasteiger partial charge in [0.25, 0.3) is 17.5 Å². The fourth-order valence-electron chi connectivity index (χ4n) is 4.42. The van der Waals surface area contributed by atoms with Crippen LogP contribution in [0, 0.1) is 16.0 Å². The summed E-state index contributed by atoms with van der Waals surface area (Å²) in [5.74, 6) is -0.435. The summed E-state index contributed by atoms with van der Waals surface area (Å²) in [6.07, 6.45) is 5.64. The lowest BCUT2D eigenvalue weighted by molar-refractivity contribution is -0.384. The van der Waals surface area contributed by atoms with Crippen LogP contribution >= 0.6 is 11.3 Å². The summed E-state index contributed by atoms with van der Waals surface area (Å²) in [5, 5.41) is 14.9. The molecule has 164 valence electrons. The molecule has 0 saturated carbocycles. The fraction of sp³-hybridized carbons (Fsp3) is 0.455. The summed E-state index contributed by atoms with van der Waals surface area (Å²) < 4.78 is 0. The molecule has 1 aliphatic carbocycles. The van der Waals surface area contributed by atoms with E-state index in [1.54, 1.807) is 12.1 Å². The van der Waals surface area contributed by atoms with Crippen LogP contribution < -0.4 is 16.0 Å². The van der Waals surface area contributed by atoms with Gasteiger partial charge in [-0.1, -0.05) is 6.92 Å². The number of carbonyl (C=O) groups is 2. The van der Waals surface area contributed by atoms with Crippen LogP contribution in [0.1, 0.15) is 63.8 Å². The van der Waals surface area contributed by atoms with Crippen LogP contribution in [0.15, 0.2) is 18.2 Å². The Morgan fingerprint density at radius 2 is 1.94 bits per heavy atom. The van der Waals surface area contributed by atoms with Crippen LogP contribution in [0.4, 0.5) is 16.4 Å². The fourth-order valence-corrected chi connectivity index (χ4v) is 5.71. The van der Waals surface area contributed by atoms with Gasteiger partial charge in [-0.2, -0.15) is 0 Å². The van der Waals surface area contributed by atoms with Crippen molar-refractivity contribution in [1.29, 1.82) is 0 Å². The molecule has 2 aliphatic rings. The normalized spacial score (nSPS) is 16.6. The first-order valence-corrected chi connectivity index (χ1v) is 11.5. The Kier molecular flexibility index (Phi) is 5.95. The van der Waals surface area contributed by atoms with Crippen molar-refractivity contribution in [3.63, 3.8) is 0 Å². The van der Waals surface area contributed by atoms with Gasteiger partial charge < -0.3 is 16.0 Å². The number of hydrogen-bond acceptors (Lipinski definition) is 6. The van der Waals surface area contributed by atoms with Crippen molar-refractivity contribution in [1.82, 2.24) is 0 Å². The van der Waals surface area contributed by atoms with Crippen molar-refractivity contribution in [2.24, 2.45) is 11.7 Å². The van der Waals surface area contributed by atoms with E-state index in [0.717, 1.165) is 62.1 Å². The van der Waals surface area contributed by atoms with Crippen LogP contribution in [-0.4, -0.2) is 29.8 Å². The summed E-state index contributed by atoms with van der Waals surface area (Å²) in [6.45, 7) is 3.70. The third kappa shape index (κ3) is 4.27. The number of carbonyl (C=O) groups excluding carboxylic acids is 2. The molecule has 1 aliphatic heterocycles. The zero-order valence-corrected chi connectivity index (χ0v) is 18.3. The maximum atomic E-state index is 12.9. The van der Waals surface area contributed by atoms with Crippen LogP contribution in [0.5, 0.6) is 0 Å². The van der Waals surface area contributed by atoms with Crippen LogP contribution in [0.3, 0.4) is 0 Å². The Morgan fingerprint density at radius 3 is 2.61 bits per heavy atom. The molecule has 0 spiro atoms. The molecule has 1 aromatic heterocycles. The van der Waals surface area contributed by atoms with Crippen LogP contribution in [0.2, 0.25) is 0 Å². The first-order valence-electron chi connectivity index (χ1n) is 10.6. The Labute approximate surface area is 184 Å². The molecule has 4 rings (SSSR count). The molecule has 2 amide bonds. The summed E-state index contributed by atoms with van der Waals surface area (Å²) in [6, 6.07) is 4.57. The zero-order chi connectivity index (χ0) is 22.1. The monoisotopic (exact) mass is 442 g/mol. The number of amides is 2. The number of aryl methyl sites for hydroxylation is 1. The summed E-state index contributed by atoms with van der Waals surface area (Å²) in [4.78, 5) is 39.3. The second-order valence-corrected chi connectivity index (χ2v) is 9.47. The second-order valence-electron chi connectivity index (χ2n) is 8.36. The third-order valence-corrected chi connectivity index (χ3v) is 7.41. The van der Waals surface area contributed by atoms with E-state index in [1.165, 1.54) is 17.4 Å². The Hall–Kier alpha value is -2.94. The Morgan fingerprint density at radius 1 is 1.23 bits per heavy atom. The molecule has 0 radical (unpaired) electrons. The highest BCUT2D eigenvalue weighted by Crippen LogP contribution is 2.38. The lowest BCUT2D eigenvalue weighted by Crippen LogP contribution is -2.33. The molecule has 2 heterocycles. The predicted molar refractivity (Wildman–Crippen MR) is 121 cm³/mol. The van der Waals surface area contributed by atoms with Gasteiger partial charge in [0.2, 0.25) is 0 Å². The first kappa shape index (κ1) is 21.3. The smallest absolute Gasteiger partial charge is 0.293 e. The summed E-state index contributed by atoms with van der Waals surface area (Å²) >= 11 is 1.37. The highest BCUT2D eigenvalue weighted by molar-refractivity contribution is 7.17. The maximum absolute atomic E-state index is 12.9. The molecular weight excluding hydrogens is 416 g/mol. The Balaban J connectivity index is 1.61. The van der Waals surface area contributed by atoms with Crippen LogP contribution in [-0.2, 0) is 12.8 Å². The van der Waals surface area contributed by atoms with E-state index >= 15 is 0 Å². The number of nitro groups is 1. The van der Waals surface area contributed by atoms with E-state index < -0.39 is 16.7 Å². The minimum atomic E-state index is -0.560. The van der Waals surface area contributed by atoms with Gasteiger partial charge in [-0.3, -0.25) is 19.7 Å². The number of fused-ring (bicyclic) bond motifs is 1. The first-order chi connectivity index (χ1) is 14.8. The number of thiophene rings is 1. The van der Waals surface area contributed by atoms with Crippen molar-refractivity contribution in [3.8, 4) is 0 Å². The highest BCUT2D eigenvalue weighted by atomic mass is 32.1. The van der Waals surface area contributed by atoms with Gasteiger partial charge in [0.1, 0.15) is 10.7 Å². The van der Waals surface area contributed by atoms with Crippen molar-refractivity contribution in [2.75, 3.05) is 23.3 Å². The van der Waals surface area contributed by atoms with Gasteiger partial charge in [0.15, 0.2) is 0 Å². The SMILES string of the molecule is CC1CCN(c2ccc(C(=O)Nc3sc4c(c3C(N)=O)CCCC4)cc2[N+](=O)[O-])CC1. The zero-order valence-electron chi connectivity index (χ0n) is 17.5. The molecular formula is C22H26N4O4S. The number of rotatable bonds is 5. The summed E-state index contributed by atoms with van der Waals surface area (Å²) in [7, 11) is 0. The highest BCUT2D eigenvalue weighted by Gasteiger charge is 2.27. The average Bonchev–Trinajstić information content (AvgIpc) is 3.11. The lowest BCUT2D eigenvalue weighted by Gasteiger charge is -2.31. The molecule has 2 aromatic rings. The molecule has 8 nitrogen and oxygen atoms in total. The number of primary amides is 1. The molecule has 0 unspecified atom stereocenters. The molecule has 0 bridgehead atoms. The van der Waals surface area contributed by atoms with E-state index in [9.17, 15) is 19.7 Å².